The zero-order valence-electron chi connectivity index (χ0n) is 15.5. The summed E-state index contributed by atoms with van der Waals surface area (Å²) in [6, 6.07) is 6.87. The number of nitro groups is 1. The van der Waals surface area contributed by atoms with Crippen LogP contribution >= 0.6 is 23.2 Å². The second-order valence-electron chi connectivity index (χ2n) is 6.73. The minimum absolute atomic E-state index is 0.0213. The number of piperazine rings is 1. The van der Waals surface area contributed by atoms with Crippen molar-refractivity contribution < 1.29 is 9.72 Å². The van der Waals surface area contributed by atoms with Crippen molar-refractivity contribution >= 4 is 34.9 Å². The van der Waals surface area contributed by atoms with Crippen LogP contribution < -0.4 is 0 Å². The zero-order valence-corrected chi connectivity index (χ0v) is 17.0. The Morgan fingerprint density at radius 1 is 1.21 bits per heavy atom. The first-order valence-electron chi connectivity index (χ1n) is 8.97. The number of carbonyl (C=O) groups excluding carboxylic acids is 1. The first kappa shape index (κ1) is 20.6. The number of halogens is 2. The van der Waals surface area contributed by atoms with Gasteiger partial charge in [0.2, 0.25) is 5.91 Å². The van der Waals surface area contributed by atoms with Gasteiger partial charge in [0, 0.05) is 54.8 Å². The average Bonchev–Trinajstić information content (AvgIpc) is 3.04. The van der Waals surface area contributed by atoms with Gasteiger partial charge < -0.3 is 15.0 Å². The number of nitrogens with zero attached hydrogens (tertiary/aromatic N) is 5. The molecule has 3 rings (SSSR count). The van der Waals surface area contributed by atoms with Crippen LogP contribution in [0.2, 0.25) is 10.0 Å². The van der Waals surface area contributed by atoms with Crippen molar-refractivity contribution in [3.8, 4) is 0 Å². The summed E-state index contributed by atoms with van der Waals surface area (Å²) >= 11 is 12.5. The van der Waals surface area contributed by atoms with Crippen molar-refractivity contribution in [2.45, 2.75) is 26.4 Å². The molecule has 1 aliphatic heterocycles. The maximum Gasteiger partial charge on any atom is 0.390 e. The SMILES string of the molecule is Cc1cc([N+](=O)[O-])nn1CCC(=O)N1CCN(Cc2c(Cl)cccc2Cl)CC1. The summed E-state index contributed by atoms with van der Waals surface area (Å²) in [4.78, 5) is 26.8. The smallest absolute Gasteiger partial charge is 0.358 e. The van der Waals surface area contributed by atoms with E-state index >= 15 is 0 Å². The second kappa shape index (κ2) is 8.89. The standard InChI is InChI=1S/C18H21Cl2N5O3/c1-13-11-17(25(27)28)21-24(13)6-5-18(26)23-9-7-22(8-10-23)12-14-15(19)3-2-4-16(14)20/h2-4,11H,5-10,12H2,1H3. The summed E-state index contributed by atoms with van der Waals surface area (Å²) in [5.41, 5.74) is 1.57. The Balaban J connectivity index is 1.49. The topological polar surface area (TPSA) is 84.5 Å². The molecule has 1 aromatic carbocycles. The lowest BCUT2D eigenvalue weighted by Crippen LogP contribution is -2.48. The van der Waals surface area contributed by atoms with Crippen LogP contribution in [0.25, 0.3) is 0 Å². The molecule has 0 bridgehead atoms. The molecule has 1 fully saturated rings. The molecule has 0 N–H and O–H groups in total. The molecule has 2 heterocycles. The van der Waals surface area contributed by atoms with E-state index in [4.69, 9.17) is 23.2 Å². The number of carbonyl (C=O) groups is 1. The van der Waals surface area contributed by atoms with Crippen LogP contribution in [0.3, 0.4) is 0 Å². The third-order valence-electron chi connectivity index (χ3n) is 4.86. The molecule has 1 aliphatic rings. The van der Waals surface area contributed by atoms with Gasteiger partial charge in [0.1, 0.15) is 0 Å². The largest absolute Gasteiger partial charge is 0.390 e. The van der Waals surface area contributed by atoms with E-state index in [2.05, 4.69) is 10.00 Å². The van der Waals surface area contributed by atoms with Crippen molar-refractivity contribution in [2.75, 3.05) is 26.2 Å². The molecule has 0 unspecified atom stereocenters. The van der Waals surface area contributed by atoms with Crippen LogP contribution in [-0.4, -0.2) is 56.6 Å². The van der Waals surface area contributed by atoms with E-state index in [-0.39, 0.29) is 18.1 Å². The highest BCUT2D eigenvalue weighted by Gasteiger charge is 2.23. The predicted octanol–water partition coefficient (Wildman–Crippen LogP) is 3.14. The highest BCUT2D eigenvalue weighted by molar-refractivity contribution is 6.35. The van der Waals surface area contributed by atoms with Crippen LogP contribution in [0, 0.1) is 17.0 Å². The van der Waals surface area contributed by atoms with E-state index < -0.39 is 4.92 Å². The Hall–Kier alpha value is -2.16. The van der Waals surface area contributed by atoms with Gasteiger partial charge in [0.15, 0.2) is 0 Å². The molecular formula is C18H21Cl2N5O3. The Kier molecular flexibility index (Phi) is 6.53. The molecule has 10 heteroatoms. The summed E-state index contributed by atoms with van der Waals surface area (Å²) in [6.07, 6.45) is 0.260. The molecule has 150 valence electrons. The monoisotopic (exact) mass is 425 g/mol. The van der Waals surface area contributed by atoms with Crippen molar-refractivity contribution in [2.24, 2.45) is 0 Å². The van der Waals surface area contributed by atoms with E-state index in [9.17, 15) is 14.9 Å². The second-order valence-corrected chi connectivity index (χ2v) is 7.55. The number of rotatable bonds is 6. The molecular weight excluding hydrogens is 405 g/mol. The minimum atomic E-state index is -0.532. The fourth-order valence-corrected chi connectivity index (χ4v) is 3.75. The van der Waals surface area contributed by atoms with Gasteiger partial charge in [0.05, 0.1) is 23.4 Å². The summed E-state index contributed by atoms with van der Waals surface area (Å²) < 4.78 is 1.51. The summed E-state index contributed by atoms with van der Waals surface area (Å²) in [6.45, 7) is 5.44. The lowest BCUT2D eigenvalue weighted by Gasteiger charge is -2.35. The molecule has 0 saturated carbocycles. The van der Waals surface area contributed by atoms with Crippen LogP contribution in [-0.2, 0) is 17.9 Å². The first-order valence-corrected chi connectivity index (χ1v) is 9.72. The summed E-state index contributed by atoms with van der Waals surface area (Å²) in [5.74, 6) is -0.176. The lowest BCUT2D eigenvalue weighted by atomic mass is 10.2. The van der Waals surface area contributed by atoms with Gasteiger partial charge in [-0.05, 0) is 24.0 Å². The number of hydrogen-bond donors (Lipinski definition) is 0. The van der Waals surface area contributed by atoms with E-state index in [1.54, 1.807) is 6.92 Å². The Bertz CT molecular complexity index is 858. The number of aromatic nitrogens is 2. The maximum atomic E-state index is 12.5. The third kappa shape index (κ3) is 4.81. The normalized spacial score (nSPS) is 15.0. The zero-order chi connectivity index (χ0) is 20.3. The Labute approximate surface area is 172 Å². The van der Waals surface area contributed by atoms with Crippen LogP contribution in [0.5, 0.6) is 0 Å². The number of hydrogen-bond acceptors (Lipinski definition) is 5. The summed E-state index contributed by atoms with van der Waals surface area (Å²) in [5, 5.41) is 16.0. The average molecular weight is 426 g/mol. The third-order valence-corrected chi connectivity index (χ3v) is 5.57. The van der Waals surface area contributed by atoms with Crippen LogP contribution in [0.15, 0.2) is 24.3 Å². The molecule has 0 aliphatic carbocycles. The number of aryl methyl sites for hydroxylation is 2. The molecule has 1 amide bonds. The van der Waals surface area contributed by atoms with Crippen LogP contribution in [0.4, 0.5) is 5.82 Å². The van der Waals surface area contributed by atoms with Gasteiger partial charge in [-0.25, -0.2) is 0 Å². The summed E-state index contributed by atoms with van der Waals surface area (Å²) in [7, 11) is 0. The number of benzene rings is 1. The highest BCUT2D eigenvalue weighted by Crippen LogP contribution is 2.26. The molecule has 8 nitrogen and oxygen atoms in total. The fourth-order valence-electron chi connectivity index (χ4n) is 3.23. The molecule has 0 radical (unpaired) electrons. The molecule has 1 aromatic heterocycles. The maximum absolute atomic E-state index is 12.5. The lowest BCUT2D eigenvalue weighted by molar-refractivity contribution is -0.389. The van der Waals surface area contributed by atoms with E-state index in [1.807, 2.05) is 23.1 Å². The van der Waals surface area contributed by atoms with Gasteiger partial charge in [-0.2, -0.15) is 4.68 Å². The molecule has 1 saturated heterocycles. The Morgan fingerprint density at radius 2 is 1.86 bits per heavy atom. The van der Waals surface area contributed by atoms with E-state index in [0.717, 1.165) is 18.7 Å². The van der Waals surface area contributed by atoms with Gasteiger partial charge in [-0.15, -0.1) is 0 Å². The van der Waals surface area contributed by atoms with Gasteiger partial charge in [-0.1, -0.05) is 29.3 Å². The van der Waals surface area contributed by atoms with Crippen LogP contribution in [0.1, 0.15) is 17.7 Å². The molecule has 0 spiro atoms. The van der Waals surface area contributed by atoms with Crippen molar-refractivity contribution in [1.29, 1.82) is 0 Å². The van der Waals surface area contributed by atoms with Crippen molar-refractivity contribution in [1.82, 2.24) is 19.6 Å². The predicted molar refractivity (Wildman–Crippen MR) is 107 cm³/mol. The van der Waals surface area contributed by atoms with E-state index in [1.165, 1.54) is 10.7 Å². The minimum Gasteiger partial charge on any atom is -0.358 e. The molecule has 0 atom stereocenters. The fraction of sp³-hybridized carbons (Fsp3) is 0.444. The van der Waals surface area contributed by atoms with Gasteiger partial charge in [0.25, 0.3) is 0 Å². The first-order chi connectivity index (χ1) is 13.3. The molecule has 28 heavy (non-hydrogen) atoms. The van der Waals surface area contributed by atoms with Gasteiger partial charge in [-0.3, -0.25) is 9.69 Å². The van der Waals surface area contributed by atoms with Gasteiger partial charge >= 0.3 is 5.82 Å². The molecule has 2 aromatic rings. The highest BCUT2D eigenvalue weighted by atomic mass is 35.5. The Morgan fingerprint density at radius 3 is 2.43 bits per heavy atom. The van der Waals surface area contributed by atoms with Crippen molar-refractivity contribution in [3.05, 3.63) is 55.7 Å². The van der Waals surface area contributed by atoms with E-state index in [0.29, 0.717) is 41.9 Å². The number of amides is 1. The van der Waals surface area contributed by atoms with Crippen molar-refractivity contribution in [3.63, 3.8) is 0 Å². The quantitative estimate of drug-likeness (QED) is 0.524.